The molecule has 3 heteroatoms. The second kappa shape index (κ2) is 6.87. The van der Waals surface area contributed by atoms with E-state index in [9.17, 15) is 0 Å². The van der Waals surface area contributed by atoms with Gasteiger partial charge in [-0.3, -0.25) is 0 Å². The third-order valence-corrected chi connectivity index (χ3v) is 12.1. The fourth-order valence-electron chi connectivity index (χ4n) is 2.53. The Labute approximate surface area is 100 Å². The first-order valence-electron chi connectivity index (χ1n) is 6.53. The smallest absolute Gasteiger partial charge is 0.107 e. The van der Waals surface area contributed by atoms with Crippen molar-refractivity contribution in [2.45, 2.75) is 77.6 Å². The van der Waals surface area contributed by atoms with Crippen LogP contribution in [0.1, 0.15) is 55.4 Å². The SMILES string of the molecule is CC(C)[SiH](N[SiH](C(C)C)C(C)C)C(C)C. The molecule has 0 bridgehead atoms. The van der Waals surface area contributed by atoms with Gasteiger partial charge in [-0.15, -0.1) is 0 Å². The number of nitrogens with one attached hydrogen (secondary N) is 1. The zero-order valence-electron chi connectivity index (χ0n) is 12.0. The summed E-state index contributed by atoms with van der Waals surface area (Å²) >= 11 is 0. The van der Waals surface area contributed by atoms with E-state index in [4.69, 9.17) is 0 Å². The van der Waals surface area contributed by atoms with Crippen LogP contribution in [0.4, 0.5) is 0 Å². The molecule has 0 spiro atoms. The van der Waals surface area contributed by atoms with E-state index in [1.54, 1.807) is 0 Å². The van der Waals surface area contributed by atoms with E-state index in [-0.39, 0.29) is 0 Å². The molecule has 0 amide bonds. The highest BCUT2D eigenvalue weighted by Gasteiger charge is 2.27. The van der Waals surface area contributed by atoms with Crippen molar-refractivity contribution < 1.29 is 0 Å². The van der Waals surface area contributed by atoms with Crippen LogP contribution in [0.5, 0.6) is 0 Å². The molecule has 0 heterocycles. The van der Waals surface area contributed by atoms with Gasteiger partial charge in [-0.25, -0.2) is 0 Å². The minimum absolute atomic E-state index is 0.739. The zero-order valence-corrected chi connectivity index (χ0v) is 14.3. The summed E-state index contributed by atoms with van der Waals surface area (Å²) in [5.74, 6) is 0. The van der Waals surface area contributed by atoms with Gasteiger partial charge in [-0.1, -0.05) is 55.4 Å². The highest BCUT2D eigenvalue weighted by Crippen LogP contribution is 2.23. The molecular formula is C12H31NSi2. The van der Waals surface area contributed by atoms with Crippen molar-refractivity contribution in [2.24, 2.45) is 0 Å². The lowest BCUT2D eigenvalue weighted by Crippen LogP contribution is -2.51. The maximum Gasteiger partial charge on any atom is 0.107 e. The Morgan fingerprint density at radius 2 is 0.733 bits per heavy atom. The van der Waals surface area contributed by atoms with E-state index < -0.39 is 17.9 Å². The average molecular weight is 246 g/mol. The number of hydrogen-bond acceptors (Lipinski definition) is 1. The van der Waals surface area contributed by atoms with Crippen LogP contribution in [0.2, 0.25) is 22.2 Å². The van der Waals surface area contributed by atoms with Crippen molar-refractivity contribution in [3.8, 4) is 0 Å². The van der Waals surface area contributed by atoms with Gasteiger partial charge >= 0.3 is 0 Å². The molecule has 1 nitrogen and oxygen atoms in total. The molecule has 0 aliphatic carbocycles. The van der Waals surface area contributed by atoms with Crippen LogP contribution in [0.15, 0.2) is 0 Å². The van der Waals surface area contributed by atoms with Gasteiger partial charge in [-0.05, 0) is 22.2 Å². The van der Waals surface area contributed by atoms with Gasteiger partial charge < -0.3 is 4.65 Å². The van der Waals surface area contributed by atoms with Crippen LogP contribution in [0.3, 0.4) is 0 Å². The molecule has 0 aliphatic heterocycles. The van der Waals surface area contributed by atoms with Crippen molar-refractivity contribution in [3.63, 3.8) is 0 Å². The van der Waals surface area contributed by atoms with Gasteiger partial charge in [0.25, 0.3) is 0 Å². The van der Waals surface area contributed by atoms with E-state index in [0.29, 0.717) is 0 Å². The average Bonchev–Trinajstić information content (AvgIpc) is 2.01. The predicted molar refractivity (Wildman–Crippen MR) is 77.8 cm³/mol. The second-order valence-corrected chi connectivity index (χ2v) is 15.0. The maximum atomic E-state index is 4.13. The van der Waals surface area contributed by atoms with Crippen LogP contribution >= 0.6 is 0 Å². The first-order chi connectivity index (χ1) is 6.77. The zero-order chi connectivity index (χ0) is 12.2. The van der Waals surface area contributed by atoms with Crippen LogP contribution in [-0.4, -0.2) is 17.9 Å². The van der Waals surface area contributed by atoms with Crippen molar-refractivity contribution in [3.05, 3.63) is 0 Å². The first-order valence-corrected chi connectivity index (χ1v) is 10.4. The summed E-state index contributed by atoms with van der Waals surface area (Å²) in [6.07, 6.45) is 0. The predicted octanol–water partition coefficient (Wildman–Crippen LogP) is 3.66. The third-order valence-electron chi connectivity index (χ3n) is 3.26. The lowest BCUT2D eigenvalue weighted by Gasteiger charge is -2.33. The summed E-state index contributed by atoms with van der Waals surface area (Å²) in [4.78, 5) is 0. The van der Waals surface area contributed by atoms with Crippen LogP contribution in [0, 0.1) is 0 Å². The molecule has 0 aromatic heterocycles. The first kappa shape index (κ1) is 15.4. The quantitative estimate of drug-likeness (QED) is 0.704. The Hall–Kier alpha value is 0.394. The van der Waals surface area contributed by atoms with Gasteiger partial charge in [0.15, 0.2) is 0 Å². The molecule has 0 aromatic rings. The van der Waals surface area contributed by atoms with Crippen LogP contribution in [0.25, 0.3) is 0 Å². The monoisotopic (exact) mass is 245 g/mol. The molecule has 0 aromatic carbocycles. The topological polar surface area (TPSA) is 12.0 Å². The van der Waals surface area contributed by atoms with E-state index in [0.717, 1.165) is 22.2 Å². The molecule has 0 saturated heterocycles. The van der Waals surface area contributed by atoms with Crippen molar-refractivity contribution in [2.75, 3.05) is 0 Å². The minimum Gasteiger partial charge on any atom is -0.363 e. The van der Waals surface area contributed by atoms with E-state index in [1.165, 1.54) is 0 Å². The van der Waals surface area contributed by atoms with Crippen molar-refractivity contribution in [1.29, 1.82) is 0 Å². The van der Waals surface area contributed by atoms with Crippen LogP contribution in [-0.2, 0) is 0 Å². The van der Waals surface area contributed by atoms with Crippen molar-refractivity contribution >= 4 is 17.9 Å². The van der Waals surface area contributed by atoms with Gasteiger partial charge in [-0.2, -0.15) is 0 Å². The standard InChI is InChI=1S/C12H31NSi2/c1-9(2)14(10(3)4)13-15(11(5)6)12(7)8/h9-15H,1-8H3. The summed E-state index contributed by atoms with van der Waals surface area (Å²) in [5, 5.41) is 0. The number of rotatable bonds is 6. The van der Waals surface area contributed by atoms with E-state index in [1.807, 2.05) is 0 Å². The maximum absolute atomic E-state index is 4.13. The Morgan fingerprint density at radius 1 is 0.533 bits per heavy atom. The fraction of sp³-hybridized carbons (Fsp3) is 1.00. The molecule has 0 aliphatic rings. The Balaban J connectivity index is 4.48. The molecular weight excluding hydrogens is 214 g/mol. The molecule has 0 rings (SSSR count). The summed E-state index contributed by atoms with van der Waals surface area (Å²) in [5.41, 5.74) is 3.55. The number of hydrogen-bond donors (Lipinski definition) is 1. The Kier molecular flexibility index (Phi) is 7.05. The Bertz CT molecular complexity index is 133. The summed E-state index contributed by atoms with van der Waals surface area (Å²) in [6, 6.07) is 0. The minimum atomic E-state index is -0.739. The highest BCUT2D eigenvalue weighted by atomic mass is 28.4. The fourth-order valence-corrected chi connectivity index (χ4v) is 13.5. The normalized spacial score (nSPS) is 13.2. The molecule has 0 fully saturated rings. The molecule has 0 radical (unpaired) electrons. The third kappa shape index (κ3) is 5.32. The van der Waals surface area contributed by atoms with E-state index in [2.05, 4.69) is 60.0 Å². The van der Waals surface area contributed by atoms with Gasteiger partial charge in [0.1, 0.15) is 17.9 Å². The van der Waals surface area contributed by atoms with Crippen molar-refractivity contribution in [1.82, 2.24) is 4.65 Å². The second-order valence-electron chi connectivity index (χ2n) is 6.19. The van der Waals surface area contributed by atoms with Crippen LogP contribution < -0.4 is 4.65 Å². The molecule has 0 saturated carbocycles. The lowest BCUT2D eigenvalue weighted by atomic mass is 10.5. The summed E-state index contributed by atoms with van der Waals surface area (Å²) < 4.78 is 4.13. The lowest BCUT2D eigenvalue weighted by molar-refractivity contribution is 0.872. The molecule has 0 atom stereocenters. The highest BCUT2D eigenvalue weighted by molar-refractivity contribution is 6.75. The molecule has 15 heavy (non-hydrogen) atoms. The summed E-state index contributed by atoms with van der Waals surface area (Å²) in [7, 11) is -1.48. The van der Waals surface area contributed by atoms with Gasteiger partial charge in [0.2, 0.25) is 0 Å². The Morgan fingerprint density at radius 3 is 0.867 bits per heavy atom. The van der Waals surface area contributed by atoms with E-state index >= 15 is 0 Å². The largest absolute Gasteiger partial charge is 0.363 e. The van der Waals surface area contributed by atoms with Gasteiger partial charge in [0.05, 0.1) is 0 Å². The van der Waals surface area contributed by atoms with Gasteiger partial charge in [0, 0.05) is 0 Å². The molecule has 1 N–H and O–H groups in total. The molecule has 0 unspecified atom stereocenters. The molecule has 92 valence electrons. The summed E-state index contributed by atoms with van der Waals surface area (Å²) in [6.45, 7) is 19.2.